The van der Waals surface area contributed by atoms with Gasteiger partial charge < -0.3 is 10.3 Å². The Bertz CT molecular complexity index is 739. The van der Waals surface area contributed by atoms with E-state index in [-0.39, 0.29) is 23.2 Å². The van der Waals surface area contributed by atoms with Crippen LogP contribution in [0.15, 0.2) is 40.8 Å². The number of hydrogen-bond acceptors (Lipinski definition) is 4. The van der Waals surface area contributed by atoms with Crippen molar-refractivity contribution in [3.05, 3.63) is 52.0 Å². The van der Waals surface area contributed by atoms with E-state index in [0.717, 1.165) is 11.8 Å². The van der Waals surface area contributed by atoms with Gasteiger partial charge in [-0.1, -0.05) is 18.2 Å². The molecule has 1 aromatic carbocycles. The Morgan fingerprint density at radius 1 is 1.32 bits per heavy atom. The molecule has 0 unspecified atom stereocenters. The zero-order valence-corrected chi connectivity index (χ0v) is 13.2. The number of halogens is 1. The lowest BCUT2D eigenvalue weighted by Crippen LogP contribution is -2.19. The van der Waals surface area contributed by atoms with E-state index in [1.54, 1.807) is 34.3 Å². The summed E-state index contributed by atoms with van der Waals surface area (Å²) in [7, 11) is 0. The number of thiazole rings is 1. The summed E-state index contributed by atoms with van der Waals surface area (Å²) in [6, 6.07) is 6.47. The van der Waals surface area contributed by atoms with Crippen LogP contribution in [0.4, 0.5) is 4.39 Å². The highest BCUT2D eigenvalue weighted by Gasteiger charge is 2.06. The van der Waals surface area contributed by atoms with Crippen molar-refractivity contribution in [2.24, 2.45) is 10.7 Å². The van der Waals surface area contributed by atoms with Crippen molar-refractivity contribution in [2.75, 3.05) is 11.5 Å². The molecule has 8 heteroatoms. The van der Waals surface area contributed by atoms with Crippen LogP contribution in [0.5, 0.6) is 0 Å². The van der Waals surface area contributed by atoms with Crippen LogP contribution in [-0.2, 0) is 16.1 Å². The summed E-state index contributed by atoms with van der Waals surface area (Å²) in [6.45, 7) is 0.302. The summed E-state index contributed by atoms with van der Waals surface area (Å²) >= 11 is 2.42. The molecule has 0 saturated heterocycles. The fraction of sp³-hybridized carbons (Fsp3) is 0.214. The lowest BCUT2D eigenvalue weighted by molar-refractivity contribution is -0.116. The molecule has 1 heterocycles. The lowest BCUT2D eigenvalue weighted by Gasteiger charge is -2.04. The van der Waals surface area contributed by atoms with Crippen molar-refractivity contribution in [3.63, 3.8) is 0 Å². The normalized spacial score (nSPS) is 11.6. The Morgan fingerprint density at radius 3 is 2.82 bits per heavy atom. The molecule has 116 valence electrons. The molecule has 2 N–H and O–H groups in total. The van der Waals surface area contributed by atoms with Gasteiger partial charge in [0.2, 0.25) is 5.91 Å². The van der Waals surface area contributed by atoms with Gasteiger partial charge in [-0.3, -0.25) is 9.59 Å². The number of hydrogen-bond donors (Lipinski definition) is 1. The van der Waals surface area contributed by atoms with Crippen molar-refractivity contribution < 1.29 is 14.0 Å². The molecule has 0 aliphatic heterocycles. The zero-order chi connectivity index (χ0) is 15.9. The molecule has 2 rings (SSSR count). The third-order valence-corrected chi connectivity index (χ3v) is 4.38. The number of benzene rings is 1. The predicted molar refractivity (Wildman–Crippen MR) is 84.9 cm³/mol. The fourth-order valence-electron chi connectivity index (χ4n) is 1.70. The third-order valence-electron chi connectivity index (χ3n) is 2.65. The van der Waals surface area contributed by atoms with Crippen LogP contribution in [0.1, 0.15) is 5.56 Å². The van der Waals surface area contributed by atoms with E-state index in [4.69, 9.17) is 5.73 Å². The van der Waals surface area contributed by atoms with Crippen LogP contribution in [0.3, 0.4) is 0 Å². The number of nitrogens with two attached hydrogens (primary N) is 1. The maximum absolute atomic E-state index is 13.7. The van der Waals surface area contributed by atoms with Gasteiger partial charge >= 0.3 is 0 Å². The van der Waals surface area contributed by atoms with Crippen molar-refractivity contribution in [1.29, 1.82) is 0 Å². The Kier molecular flexibility index (Phi) is 5.91. The number of rotatable bonds is 6. The summed E-state index contributed by atoms with van der Waals surface area (Å²) in [4.78, 5) is 26.8. The second-order valence-electron chi connectivity index (χ2n) is 4.37. The van der Waals surface area contributed by atoms with Crippen LogP contribution in [-0.4, -0.2) is 27.9 Å². The molecule has 1 aromatic heterocycles. The molecule has 5 nitrogen and oxygen atoms in total. The third kappa shape index (κ3) is 4.81. The molecule has 22 heavy (non-hydrogen) atoms. The van der Waals surface area contributed by atoms with E-state index in [0.29, 0.717) is 16.9 Å². The van der Waals surface area contributed by atoms with Crippen LogP contribution < -0.4 is 10.5 Å². The van der Waals surface area contributed by atoms with Gasteiger partial charge in [-0.2, -0.15) is 4.99 Å². The first kappa shape index (κ1) is 16.4. The molecule has 2 amide bonds. The molecular weight excluding hydrogens is 325 g/mol. The van der Waals surface area contributed by atoms with Gasteiger partial charge in [-0.15, -0.1) is 23.1 Å². The molecule has 0 aliphatic rings. The fourth-order valence-corrected chi connectivity index (χ4v) is 2.98. The average molecular weight is 339 g/mol. The highest BCUT2D eigenvalue weighted by Crippen LogP contribution is 2.08. The number of nitrogens with zero attached hydrogens (tertiary/aromatic N) is 2. The van der Waals surface area contributed by atoms with Crippen molar-refractivity contribution >= 4 is 34.9 Å². The van der Waals surface area contributed by atoms with E-state index in [2.05, 4.69) is 4.99 Å². The topological polar surface area (TPSA) is 77.5 Å². The van der Waals surface area contributed by atoms with Gasteiger partial charge in [0.15, 0.2) is 4.80 Å². The van der Waals surface area contributed by atoms with Crippen molar-refractivity contribution in [1.82, 2.24) is 4.57 Å². The van der Waals surface area contributed by atoms with Crippen LogP contribution in [0.2, 0.25) is 0 Å². The molecule has 0 fully saturated rings. The van der Waals surface area contributed by atoms with Gasteiger partial charge in [-0.25, -0.2) is 4.39 Å². The largest absolute Gasteiger partial charge is 0.369 e. The number of primary amides is 1. The molecule has 0 aliphatic carbocycles. The molecular formula is C14H14FN3O2S2. The zero-order valence-electron chi connectivity index (χ0n) is 11.6. The Labute approximate surface area is 134 Å². The Balaban J connectivity index is 2.09. The molecule has 2 aromatic rings. The highest BCUT2D eigenvalue weighted by atomic mass is 32.2. The predicted octanol–water partition coefficient (Wildman–Crippen LogP) is 1.38. The minimum absolute atomic E-state index is 0.0839. The number of amides is 2. The quantitative estimate of drug-likeness (QED) is 0.864. The average Bonchev–Trinajstić information content (AvgIpc) is 2.88. The van der Waals surface area contributed by atoms with Gasteiger partial charge in [0.05, 0.1) is 18.1 Å². The van der Waals surface area contributed by atoms with E-state index in [1.807, 2.05) is 0 Å². The Hall–Kier alpha value is -1.93. The second kappa shape index (κ2) is 7.90. The monoisotopic (exact) mass is 339 g/mol. The van der Waals surface area contributed by atoms with Crippen LogP contribution >= 0.6 is 23.1 Å². The SMILES string of the molecule is NC(=O)CSCC(=O)N=c1sccn1Cc1ccccc1F. The maximum atomic E-state index is 13.7. The van der Waals surface area contributed by atoms with E-state index >= 15 is 0 Å². The molecule has 0 spiro atoms. The number of thioether (sulfide) groups is 1. The van der Waals surface area contributed by atoms with E-state index in [9.17, 15) is 14.0 Å². The van der Waals surface area contributed by atoms with Gasteiger partial charge in [0, 0.05) is 17.1 Å². The summed E-state index contributed by atoms with van der Waals surface area (Å²) in [5.74, 6) is -0.948. The summed E-state index contributed by atoms with van der Waals surface area (Å²) in [5, 5.41) is 1.78. The first-order valence-corrected chi connectivity index (χ1v) is 8.40. The second-order valence-corrected chi connectivity index (χ2v) is 6.23. The van der Waals surface area contributed by atoms with Crippen LogP contribution in [0, 0.1) is 5.82 Å². The standard InChI is InChI=1S/C14H14FN3O2S2/c15-11-4-2-1-3-10(11)7-18-5-6-22-14(18)17-13(20)9-21-8-12(16)19/h1-6H,7-9H2,(H2,16,19). The summed E-state index contributed by atoms with van der Waals surface area (Å²) in [6.07, 6.45) is 1.75. The molecule has 0 bridgehead atoms. The smallest absolute Gasteiger partial charge is 0.258 e. The van der Waals surface area contributed by atoms with E-state index < -0.39 is 5.91 Å². The molecule has 0 saturated carbocycles. The minimum atomic E-state index is -0.469. The number of carbonyl (C=O) groups excluding carboxylic acids is 2. The molecule has 0 radical (unpaired) electrons. The maximum Gasteiger partial charge on any atom is 0.258 e. The molecule has 0 atom stereocenters. The first-order chi connectivity index (χ1) is 10.6. The summed E-state index contributed by atoms with van der Waals surface area (Å²) < 4.78 is 15.4. The van der Waals surface area contributed by atoms with Gasteiger partial charge in [-0.05, 0) is 6.07 Å². The summed E-state index contributed by atoms with van der Waals surface area (Å²) in [5.41, 5.74) is 5.53. The minimum Gasteiger partial charge on any atom is -0.369 e. The first-order valence-electron chi connectivity index (χ1n) is 6.37. The van der Waals surface area contributed by atoms with E-state index in [1.165, 1.54) is 17.4 Å². The van der Waals surface area contributed by atoms with Gasteiger partial charge in [0.1, 0.15) is 5.82 Å². The lowest BCUT2D eigenvalue weighted by atomic mass is 10.2. The van der Waals surface area contributed by atoms with Gasteiger partial charge in [0.25, 0.3) is 5.91 Å². The number of carbonyl (C=O) groups is 2. The Morgan fingerprint density at radius 2 is 2.09 bits per heavy atom. The van der Waals surface area contributed by atoms with Crippen LogP contribution in [0.25, 0.3) is 0 Å². The van der Waals surface area contributed by atoms with Crippen molar-refractivity contribution in [3.8, 4) is 0 Å². The van der Waals surface area contributed by atoms with Crippen molar-refractivity contribution in [2.45, 2.75) is 6.54 Å². The highest BCUT2D eigenvalue weighted by molar-refractivity contribution is 8.00. The number of aromatic nitrogens is 1.